The van der Waals surface area contributed by atoms with Crippen LogP contribution >= 0.6 is 0 Å². The summed E-state index contributed by atoms with van der Waals surface area (Å²) in [5.74, 6) is 0.137. The van der Waals surface area contributed by atoms with Gasteiger partial charge in [-0.15, -0.1) is 0 Å². The van der Waals surface area contributed by atoms with E-state index in [-0.39, 0.29) is 11.7 Å². The first-order valence-electron chi connectivity index (χ1n) is 7.39. The third kappa shape index (κ3) is 3.39. The van der Waals surface area contributed by atoms with Gasteiger partial charge in [0.15, 0.2) is 5.84 Å². The fourth-order valence-electron chi connectivity index (χ4n) is 2.52. The van der Waals surface area contributed by atoms with Crippen molar-refractivity contribution < 1.29 is 10.0 Å². The molecule has 0 unspecified atom stereocenters. The van der Waals surface area contributed by atoms with Crippen LogP contribution in [0.1, 0.15) is 58.8 Å². The molecule has 1 aliphatic rings. The normalized spacial score (nSPS) is 17.9. The number of carbonyl (C=O) groups is 1. The SMILES string of the molecule is CCCCN(CCCC)C(=O)C1(C(N)=NO)CCC1. The molecule has 5 nitrogen and oxygen atoms in total. The number of unbranched alkanes of at least 4 members (excludes halogenated alkanes) is 2. The summed E-state index contributed by atoms with van der Waals surface area (Å²) in [5, 5.41) is 12.0. The van der Waals surface area contributed by atoms with E-state index >= 15 is 0 Å². The number of carbonyl (C=O) groups excluding carboxylic acids is 1. The minimum absolute atomic E-state index is 0.0518. The first-order valence-corrected chi connectivity index (χ1v) is 7.39. The van der Waals surface area contributed by atoms with Crippen LogP contribution in [-0.2, 0) is 4.79 Å². The number of amides is 1. The molecule has 5 heteroatoms. The monoisotopic (exact) mass is 269 g/mol. The zero-order valence-electron chi connectivity index (χ0n) is 12.2. The Balaban J connectivity index is 2.78. The van der Waals surface area contributed by atoms with Crippen molar-refractivity contribution in [3.8, 4) is 0 Å². The highest BCUT2D eigenvalue weighted by molar-refractivity contribution is 6.07. The maximum absolute atomic E-state index is 12.7. The molecule has 0 heterocycles. The summed E-state index contributed by atoms with van der Waals surface area (Å²) in [7, 11) is 0. The van der Waals surface area contributed by atoms with E-state index in [1.165, 1.54) is 0 Å². The van der Waals surface area contributed by atoms with E-state index in [0.717, 1.165) is 45.2 Å². The molecular weight excluding hydrogens is 242 g/mol. The van der Waals surface area contributed by atoms with E-state index in [4.69, 9.17) is 10.9 Å². The molecule has 1 amide bonds. The van der Waals surface area contributed by atoms with Crippen LogP contribution in [-0.4, -0.2) is 34.9 Å². The molecule has 3 N–H and O–H groups in total. The summed E-state index contributed by atoms with van der Waals surface area (Å²) in [6.07, 6.45) is 6.51. The zero-order valence-corrected chi connectivity index (χ0v) is 12.2. The maximum atomic E-state index is 12.7. The summed E-state index contributed by atoms with van der Waals surface area (Å²) < 4.78 is 0. The van der Waals surface area contributed by atoms with Gasteiger partial charge in [-0.2, -0.15) is 0 Å². The largest absolute Gasteiger partial charge is 0.409 e. The summed E-state index contributed by atoms with van der Waals surface area (Å²) in [6, 6.07) is 0. The Labute approximate surface area is 115 Å². The Bertz CT molecular complexity index is 317. The van der Waals surface area contributed by atoms with Gasteiger partial charge >= 0.3 is 0 Å². The predicted octanol–water partition coefficient (Wildman–Crippen LogP) is 2.33. The molecule has 0 spiro atoms. The second kappa shape index (κ2) is 7.36. The maximum Gasteiger partial charge on any atom is 0.236 e. The quantitative estimate of drug-likeness (QED) is 0.307. The first kappa shape index (κ1) is 15.8. The Hall–Kier alpha value is -1.26. The van der Waals surface area contributed by atoms with E-state index < -0.39 is 5.41 Å². The van der Waals surface area contributed by atoms with Gasteiger partial charge < -0.3 is 15.8 Å². The summed E-state index contributed by atoms with van der Waals surface area (Å²) in [5.41, 5.74) is 5.04. The molecule has 0 bridgehead atoms. The van der Waals surface area contributed by atoms with Crippen molar-refractivity contribution in [3.63, 3.8) is 0 Å². The summed E-state index contributed by atoms with van der Waals surface area (Å²) in [6.45, 7) is 5.78. The van der Waals surface area contributed by atoms with Crippen molar-refractivity contribution in [3.05, 3.63) is 0 Å². The second-order valence-corrected chi connectivity index (χ2v) is 5.42. The lowest BCUT2D eigenvalue weighted by Crippen LogP contribution is -2.55. The highest BCUT2D eigenvalue weighted by Crippen LogP contribution is 2.42. The van der Waals surface area contributed by atoms with Gasteiger partial charge in [0.05, 0.1) is 0 Å². The van der Waals surface area contributed by atoms with Gasteiger partial charge in [-0.3, -0.25) is 4.79 Å². The number of amidine groups is 1. The van der Waals surface area contributed by atoms with Crippen LogP contribution in [0.4, 0.5) is 0 Å². The van der Waals surface area contributed by atoms with Crippen LogP contribution in [0.2, 0.25) is 0 Å². The lowest BCUT2D eigenvalue weighted by molar-refractivity contribution is -0.142. The second-order valence-electron chi connectivity index (χ2n) is 5.42. The van der Waals surface area contributed by atoms with Gasteiger partial charge in [0.1, 0.15) is 5.41 Å². The average Bonchev–Trinajstić information content (AvgIpc) is 2.37. The van der Waals surface area contributed by atoms with Crippen LogP contribution in [0.25, 0.3) is 0 Å². The fraction of sp³-hybridized carbons (Fsp3) is 0.857. The van der Waals surface area contributed by atoms with E-state index in [9.17, 15) is 4.79 Å². The first-order chi connectivity index (χ1) is 9.12. The van der Waals surface area contributed by atoms with Gasteiger partial charge in [-0.1, -0.05) is 38.3 Å². The Kier molecular flexibility index (Phi) is 6.12. The number of nitrogens with zero attached hydrogens (tertiary/aromatic N) is 2. The molecule has 0 aromatic rings. The Morgan fingerprint density at radius 3 is 2.11 bits per heavy atom. The minimum atomic E-state index is -0.726. The van der Waals surface area contributed by atoms with Crippen LogP contribution in [0.15, 0.2) is 5.16 Å². The van der Waals surface area contributed by atoms with E-state index in [1.807, 2.05) is 4.90 Å². The standard InChI is InChI=1S/C14H27N3O2/c1-3-5-10-17(11-6-4-2)13(18)14(8-7-9-14)12(15)16-19/h19H,3-11H2,1-2H3,(H2,15,16). The van der Waals surface area contributed by atoms with E-state index in [0.29, 0.717) is 12.8 Å². The number of nitrogens with two attached hydrogens (primary N) is 1. The lowest BCUT2D eigenvalue weighted by Gasteiger charge is -2.42. The third-order valence-electron chi connectivity index (χ3n) is 4.06. The smallest absolute Gasteiger partial charge is 0.236 e. The van der Waals surface area contributed by atoms with Gasteiger partial charge in [-0.25, -0.2) is 0 Å². The minimum Gasteiger partial charge on any atom is -0.409 e. The highest BCUT2D eigenvalue weighted by atomic mass is 16.4. The molecule has 1 aliphatic carbocycles. The Morgan fingerprint density at radius 1 is 1.26 bits per heavy atom. The number of rotatable bonds is 8. The molecule has 0 saturated heterocycles. The van der Waals surface area contributed by atoms with Crippen LogP contribution in [0.3, 0.4) is 0 Å². The summed E-state index contributed by atoms with van der Waals surface area (Å²) in [4.78, 5) is 14.6. The Morgan fingerprint density at radius 2 is 1.79 bits per heavy atom. The average molecular weight is 269 g/mol. The molecule has 0 radical (unpaired) electrons. The van der Waals surface area contributed by atoms with Crippen LogP contribution < -0.4 is 5.73 Å². The topological polar surface area (TPSA) is 78.9 Å². The zero-order chi connectivity index (χ0) is 14.3. The molecule has 19 heavy (non-hydrogen) atoms. The molecule has 0 aromatic carbocycles. The van der Waals surface area contributed by atoms with E-state index in [2.05, 4.69) is 19.0 Å². The van der Waals surface area contributed by atoms with Gasteiger partial charge in [0.25, 0.3) is 0 Å². The van der Waals surface area contributed by atoms with Crippen LogP contribution in [0.5, 0.6) is 0 Å². The highest BCUT2D eigenvalue weighted by Gasteiger charge is 2.50. The lowest BCUT2D eigenvalue weighted by atomic mass is 9.66. The van der Waals surface area contributed by atoms with Gasteiger partial charge in [0, 0.05) is 13.1 Å². The number of oxime groups is 1. The van der Waals surface area contributed by atoms with Crippen molar-refractivity contribution in [1.82, 2.24) is 4.90 Å². The molecule has 0 atom stereocenters. The van der Waals surface area contributed by atoms with E-state index in [1.54, 1.807) is 0 Å². The van der Waals surface area contributed by atoms with Crippen molar-refractivity contribution in [2.75, 3.05) is 13.1 Å². The molecule has 0 aliphatic heterocycles. The molecule has 0 aromatic heterocycles. The molecule has 1 saturated carbocycles. The predicted molar refractivity (Wildman–Crippen MR) is 76.1 cm³/mol. The van der Waals surface area contributed by atoms with Crippen molar-refractivity contribution in [2.45, 2.75) is 58.8 Å². The van der Waals surface area contributed by atoms with Crippen molar-refractivity contribution >= 4 is 11.7 Å². The molecule has 1 rings (SSSR count). The van der Waals surface area contributed by atoms with Gasteiger partial charge in [0.2, 0.25) is 5.91 Å². The fourth-order valence-corrected chi connectivity index (χ4v) is 2.52. The summed E-state index contributed by atoms with van der Waals surface area (Å²) >= 11 is 0. The number of hydrogen-bond donors (Lipinski definition) is 2. The number of hydrogen-bond acceptors (Lipinski definition) is 3. The molecular formula is C14H27N3O2. The third-order valence-corrected chi connectivity index (χ3v) is 4.06. The molecule has 110 valence electrons. The van der Waals surface area contributed by atoms with Crippen LogP contribution in [0, 0.1) is 5.41 Å². The molecule has 1 fully saturated rings. The van der Waals surface area contributed by atoms with Crippen molar-refractivity contribution in [2.24, 2.45) is 16.3 Å². The van der Waals surface area contributed by atoms with Crippen molar-refractivity contribution in [1.29, 1.82) is 0 Å². The van der Waals surface area contributed by atoms with Gasteiger partial charge in [-0.05, 0) is 25.7 Å².